The Morgan fingerprint density at radius 1 is 1.25 bits per heavy atom. The zero-order valence-electron chi connectivity index (χ0n) is 9.29. The highest BCUT2D eigenvalue weighted by Gasteiger charge is 2.14. The summed E-state index contributed by atoms with van der Waals surface area (Å²) in [6.07, 6.45) is 3.19. The number of carbonyl (C=O) groups is 1. The van der Waals surface area contributed by atoms with E-state index in [0.717, 1.165) is 29.7 Å². The molecule has 0 N–H and O–H groups in total. The van der Waals surface area contributed by atoms with Crippen molar-refractivity contribution in [2.24, 2.45) is 0 Å². The van der Waals surface area contributed by atoms with Gasteiger partial charge in [0.05, 0.1) is 0 Å². The van der Waals surface area contributed by atoms with Crippen LogP contribution in [0.5, 0.6) is 0 Å². The fourth-order valence-corrected chi connectivity index (χ4v) is 2.59. The minimum atomic E-state index is 0.236. The van der Waals surface area contributed by atoms with Gasteiger partial charge in [0.2, 0.25) is 0 Å². The number of ketones is 1. The van der Waals surface area contributed by atoms with Crippen molar-refractivity contribution in [1.82, 2.24) is 4.90 Å². The van der Waals surface area contributed by atoms with E-state index in [4.69, 9.17) is 0 Å². The molecule has 0 aliphatic carbocycles. The van der Waals surface area contributed by atoms with E-state index < -0.39 is 0 Å². The maximum atomic E-state index is 12.0. The van der Waals surface area contributed by atoms with Gasteiger partial charge < -0.3 is 4.90 Å². The molecule has 0 amide bonds. The maximum Gasteiger partial charge on any atom is 0.165 e. The lowest BCUT2D eigenvalue weighted by Gasteiger charge is -2.13. The number of hydrogen-bond acceptors (Lipinski definition) is 2. The van der Waals surface area contributed by atoms with Gasteiger partial charge in [-0.05, 0) is 32.0 Å². The molecule has 1 heterocycles. The Balaban J connectivity index is 1.90. The summed E-state index contributed by atoms with van der Waals surface area (Å²) in [7, 11) is 0. The second-order valence-electron chi connectivity index (χ2n) is 4.20. The fraction of sp³-hybridized carbons (Fsp3) is 0.462. The number of rotatable bonds is 4. The zero-order valence-corrected chi connectivity index (χ0v) is 10.9. The van der Waals surface area contributed by atoms with Crippen molar-refractivity contribution in [1.29, 1.82) is 0 Å². The Kier molecular flexibility index (Phi) is 4.13. The Morgan fingerprint density at radius 2 is 1.94 bits per heavy atom. The van der Waals surface area contributed by atoms with E-state index in [9.17, 15) is 4.79 Å². The Labute approximate surface area is 105 Å². The Bertz CT molecular complexity index is 372. The average Bonchev–Trinajstić information content (AvgIpc) is 2.79. The number of benzene rings is 1. The Hall–Kier alpha value is -0.670. The van der Waals surface area contributed by atoms with Crippen LogP contribution in [0.4, 0.5) is 0 Å². The summed E-state index contributed by atoms with van der Waals surface area (Å²) in [6, 6.07) is 7.65. The summed E-state index contributed by atoms with van der Waals surface area (Å²) >= 11 is 3.42. The standard InChI is InChI=1S/C13H16BrNO/c14-12-6-2-1-5-11(12)13(16)7-10-15-8-3-4-9-15/h1-2,5-6H,3-4,7-10H2. The van der Waals surface area contributed by atoms with E-state index in [1.54, 1.807) is 0 Å². The van der Waals surface area contributed by atoms with Crippen LogP contribution >= 0.6 is 15.9 Å². The number of hydrogen-bond donors (Lipinski definition) is 0. The highest BCUT2D eigenvalue weighted by Crippen LogP contribution is 2.18. The molecule has 0 aromatic heterocycles. The van der Waals surface area contributed by atoms with Gasteiger partial charge in [0.15, 0.2) is 5.78 Å². The first-order chi connectivity index (χ1) is 7.77. The highest BCUT2D eigenvalue weighted by molar-refractivity contribution is 9.10. The van der Waals surface area contributed by atoms with E-state index in [2.05, 4.69) is 20.8 Å². The third-order valence-corrected chi connectivity index (χ3v) is 3.72. The quantitative estimate of drug-likeness (QED) is 0.791. The first-order valence-corrected chi connectivity index (χ1v) is 6.57. The van der Waals surface area contributed by atoms with Gasteiger partial charge in [-0.2, -0.15) is 0 Å². The van der Waals surface area contributed by atoms with Gasteiger partial charge in [0, 0.05) is 23.0 Å². The minimum Gasteiger partial charge on any atom is -0.303 e. The lowest BCUT2D eigenvalue weighted by atomic mass is 10.1. The molecule has 2 rings (SSSR count). The summed E-state index contributed by atoms with van der Waals surface area (Å²) < 4.78 is 0.904. The molecule has 1 aromatic rings. The number of halogens is 1. The van der Waals surface area contributed by atoms with Gasteiger partial charge in [0.1, 0.15) is 0 Å². The maximum absolute atomic E-state index is 12.0. The molecule has 0 unspecified atom stereocenters. The molecule has 86 valence electrons. The predicted octanol–water partition coefficient (Wildman–Crippen LogP) is 3.12. The average molecular weight is 282 g/mol. The number of Topliss-reactive ketones (excluding diaryl/α,β-unsaturated/α-hetero) is 1. The van der Waals surface area contributed by atoms with Gasteiger partial charge in [-0.25, -0.2) is 0 Å². The molecule has 1 saturated heterocycles. The van der Waals surface area contributed by atoms with Crippen LogP contribution in [0.25, 0.3) is 0 Å². The lowest BCUT2D eigenvalue weighted by Crippen LogP contribution is -2.22. The van der Waals surface area contributed by atoms with Crippen LogP contribution in [-0.2, 0) is 0 Å². The molecule has 1 aliphatic rings. The van der Waals surface area contributed by atoms with Crippen molar-refractivity contribution in [3.63, 3.8) is 0 Å². The van der Waals surface area contributed by atoms with Crippen LogP contribution in [0.3, 0.4) is 0 Å². The number of carbonyl (C=O) groups excluding carboxylic acids is 1. The van der Waals surface area contributed by atoms with Crippen LogP contribution in [-0.4, -0.2) is 30.3 Å². The highest BCUT2D eigenvalue weighted by atomic mass is 79.9. The van der Waals surface area contributed by atoms with Crippen molar-refractivity contribution in [2.75, 3.05) is 19.6 Å². The molecule has 1 aromatic carbocycles. The smallest absolute Gasteiger partial charge is 0.165 e. The van der Waals surface area contributed by atoms with Gasteiger partial charge in [0.25, 0.3) is 0 Å². The SMILES string of the molecule is O=C(CCN1CCCC1)c1ccccc1Br. The first-order valence-electron chi connectivity index (χ1n) is 5.77. The van der Waals surface area contributed by atoms with Gasteiger partial charge in [-0.15, -0.1) is 0 Å². The monoisotopic (exact) mass is 281 g/mol. The third kappa shape index (κ3) is 2.92. The minimum absolute atomic E-state index is 0.236. The summed E-state index contributed by atoms with van der Waals surface area (Å²) in [4.78, 5) is 14.3. The van der Waals surface area contributed by atoms with Crippen molar-refractivity contribution in [2.45, 2.75) is 19.3 Å². The molecular formula is C13H16BrNO. The number of nitrogens with zero attached hydrogens (tertiary/aromatic N) is 1. The third-order valence-electron chi connectivity index (χ3n) is 3.03. The van der Waals surface area contributed by atoms with E-state index in [1.165, 1.54) is 12.8 Å². The normalized spacial score (nSPS) is 16.6. The molecule has 0 radical (unpaired) electrons. The lowest BCUT2D eigenvalue weighted by molar-refractivity contribution is 0.0968. The molecule has 16 heavy (non-hydrogen) atoms. The van der Waals surface area contributed by atoms with Crippen LogP contribution in [0, 0.1) is 0 Å². The molecular weight excluding hydrogens is 266 g/mol. The van der Waals surface area contributed by atoms with E-state index in [0.29, 0.717) is 6.42 Å². The topological polar surface area (TPSA) is 20.3 Å². The van der Waals surface area contributed by atoms with Gasteiger partial charge in [-0.3, -0.25) is 4.79 Å². The second-order valence-corrected chi connectivity index (χ2v) is 5.06. The summed E-state index contributed by atoms with van der Waals surface area (Å²) in [5.41, 5.74) is 0.807. The Morgan fingerprint density at radius 3 is 2.62 bits per heavy atom. The largest absolute Gasteiger partial charge is 0.303 e. The molecule has 0 spiro atoms. The molecule has 3 heteroatoms. The summed E-state index contributed by atoms with van der Waals surface area (Å²) in [5.74, 6) is 0.236. The fourth-order valence-electron chi connectivity index (χ4n) is 2.09. The summed E-state index contributed by atoms with van der Waals surface area (Å²) in [5, 5.41) is 0. The van der Waals surface area contributed by atoms with Crippen molar-refractivity contribution >= 4 is 21.7 Å². The van der Waals surface area contributed by atoms with Crippen molar-refractivity contribution in [3.05, 3.63) is 34.3 Å². The van der Waals surface area contributed by atoms with Crippen molar-refractivity contribution < 1.29 is 4.79 Å². The molecule has 1 fully saturated rings. The van der Waals surface area contributed by atoms with E-state index >= 15 is 0 Å². The first kappa shape index (κ1) is 11.8. The van der Waals surface area contributed by atoms with E-state index in [-0.39, 0.29) is 5.78 Å². The van der Waals surface area contributed by atoms with Gasteiger partial charge in [-0.1, -0.05) is 34.1 Å². The van der Waals surface area contributed by atoms with Crippen LogP contribution in [0.15, 0.2) is 28.7 Å². The molecule has 0 bridgehead atoms. The summed E-state index contributed by atoms with van der Waals surface area (Å²) in [6.45, 7) is 3.21. The molecule has 0 saturated carbocycles. The van der Waals surface area contributed by atoms with Crippen LogP contribution in [0.1, 0.15) is 29.6 Å². The van der Waals surface area contributed by atoms with Crippen LogP contribution in [0.2, 0.25) is 0 Å². The second kappa shape index (κ2) is 5.60. The van der Waals surface area contributed by atoms with Gasteiger partial charge >= 0.3 is 0 Å². The molecule has 0 atom stereocenters. The molecule has 1 aliphatic heterocycles. The predicted molar refractivity (Wildman–Crippen MR) is 68.8 cm³/mol. The zero-order chi connectivity index (χ0) is 11.4. The molecule has 2 nitrogen and oxygen atoms in total. The number of likely N-dealkylation sites (tertiary alicyclic amines) is 1. The van der Waals surface area contributed by atoms with E-state index in [1.807, 2.05) is 24.3 Å². The van der Waals surface area contributed by atoms with Crippen LogP contribution < -0.4 is 0 Å². The van der Waals surface area contributed by atoms with Crippen molar-refractivity contribution in [3.8, 4) is 0 Å².